The number of nitrogens with two attached hydrogens (primary N) is 1. The van der Waals surface area contributed by atoms with Crippen LogP contribution in [0.3, 0.4) is 0 Å². The number of nitrogens with zero attached hydrogens (tertiary/aromatic N) is 1. The molecule has 0 fully saturated rings. The molecule has 0 saturated heterocycles. The lowest BCUT2D eigenvalue weighted by Gasteiger charge is -2.20. The van der Waals surface area contributed by atoms with Crippen molar-refractivity contribution in [1.82, 2.24) is 4.98 Å². The van der Waals surface area contributed by atoms with Crippen LogP contribution in [0.25, 0.3) is 10.9 Å². The minimum absolute atomic E-state index is 0.591. The van der Waals surface area contributed by atoms with Crippen molar-refractivity contribution in [2.24, 2.45) is 5.84 Å². The van der Waals surface area contributed by atoms with Gasteiger partial charge in [0.2, 0.25) is 0 Å². The van der Waals surface area contributed by atoms with E-state index < -0.39 is 0 Å². The lowest BCUT2D eigenvalue weighted by Crippen LogP contribution is -2.18. The SMILES string of the molecule is CCc1ccc2nc3c(c(NN)c2c1)COCC3. The van der Waals surface area contributed by atoms with Gasteiger partial charge in [0, 0.05) is 17.4 Å². The van der Waals surface area contributed by atoms with Crippen molar-refractivity contribution in [3.05, 3.63) is 35.0 Å². The maximum absolute atomic E-state index is 5.70. The summed E-state index contributed by atoms with van der Waals surface area (Å²) in [6, 6.07) is 6.36. The molecule has 3 rings (SSSR count). The second kappa shape index (κ2) is 4.55. The molecule has 94 valence electrons. The fraction of sp³-hybridized carbons (Fsp3) is 0.357. The Bertz CT molecular complexity index is 595. The van der Waals surface area contributed by atoms with Crippen LogP contribution in [-0.4, -0.2) is 11.6 Å². The van der Waals surface area contributed by atoms with Crippen LogP contribution in [0.5, 0.6) is 0 Å². The smallest absolute Gasteiger partial charge is 0.0755 e. The Balaban J connectivity index is 2.30. The number of rotatable bonds is 2. The van der Waals surface area contributed by atoms with E-state index in [1.54, 1.807) is 0 Å². The Kier molecular flexibility index (Phi) is 2.89. The van der Waals surface area contributed by atoms with Gasteiger partial charge in [0.25, 0.3) is 0 Å². The molecule has 0 spiro atoms. The summed E-state index contributed by atoms with van der Waals surface area (Å²) in [6.07, 6.45) is 1.86. The molecule has 4 heteroatoms. The fourth-order valence-electron chi connectivity index (χ4n) is 2.49. The van der Waals surface area contributed by atoms with Crippen LogP contribution in [0.1, 0.15) is 23.7 Å². The van der Waals surface area contributed by atoms with Crippen LogP contribution < -0.4 is 11.3 Å². The molecule has 0 amide bonds. The second-order valence-corrected chi connectivity index (χ2v) is 4.56. The average Bonchev–Trinajstić information content (AvgIpc) is 2.44. The molecule has 0 aliphatic carbocycles. The van der Waals surface area contributed by atoms with Crippen LogP contribution in [0.2, 0.25) is 0 Å². The standard InChI is InChI=1S/C14H17N3O/c1-2-9-3-4-12-10(7-9)14(17-15)11-8-18-6-5-13(11)16-12/h3-4,7H,2,5-6,8,15H2,1H3,(H,16,17). The van der Waals surface area contributed by atoms with Gasteiger partial charge in [-0.15, -0.1) is 0 Å². The van der Waals surface area contributed by atoms with Crippen LogP contribution in [-0.2, 0) is 24.2 Å². The maximum atomic E-state index is 5.70. The number of nitrogen functional groups attached to an aromatic ring is 1. The monoisotopic (exact) mass is 243 g/mol. The quantitative estimate of drug-likeness (QED) is 0.627. The second-order valence-electron chi connectivity index (χ2n) is 4.56. The number of aromatic nitrogens is 1. The van der Waals surface area contributed by atoms with E-state index in [2.05, 4.69) is 30.5 Å². The number of benzene rings is 1. The zero-order chi connectivity index (χ0) is 12.5. The van der Waals surface area contributed by atoms with Gasteiger partial charge in [-0.1, -0.05) is 13.0 Å². The van der Waals surface area contributed by atoms with E-state index in [9.17, 15) is 0 Å². The topological polar surface area (TPSA) is 60.2 Å². The van der Waals surface area contributed by atoms with Crippen LogP contribution in [0.4, 0.5) is 5.69 Å². The zero-order valence-corrected chi connectivity index (χ0v) is 10.5. The molecular weight excluding hydrogens is 226 g/mol. The Hall–Kier alpha value is -1.65. The summed E-state index contributed by atoms with van der Waals surface area (Å²) >= 11 is 0. The molecule has 2 aromatic rings. The first-order valence-corrected chi connectivity index (χ1v) is 6.32. The van der Waals surface area contributed by atoms with Crippen LogP contribution in [0.15, 0.2) is 18.2 Å². The first-order chi connectivity index (χ1) is 8.83. The molecule has 3 N–H and O–H groups in total. The fourth-order valence-corrected chi connectivity index (χ4v) is 2.49. The predicted molar refractivity (Wildman–Crippen MR) is 72.3 cm³/mol. The summed E-state index contributed by atoms with van der Waals surface area (Å²) < 4.78 is 5.51. The van der Waals surface area contributed by atoms with Gasteiger partial charge < -0.3 is 10.2 Å². The number of hydrazine groups is 1. The Morgan fingerprint density at radius 3 is 3.11 bits per heavy atom. The molecular formula is C14H17N3O. The van der Waals surface area contributed by atoms with Crippen LogP contribution >= 0.6 is 0 Å². The Morgan fingerprint density at radius 1 is 1.44 bits per heavy atom. The highest BCUT2D eigenvalue weighted by Gasteiger charge is 2.18. The highest BCUT2D eigenvalue weighted by Crippen LogP contribution is 2.31. The maximum Gasteiger partial charge on any atom is 0.0755 e. The number of nitrogens with one attached hydrogen (secondary N) is 1. The van der Waals surface area contributed by atoms with Crippen molar-refractivity contribution in [3.8, 4) is 0 Å². The summed E-state index contributed by atoms with van der Waals surface area (Å²) in [4.78, 5) is 4.72. The summed E-state index contributed by atoms with van der Waals surface area (Å²) in [7, 11) is 0. The molecule has 0 saturated carbocycles. The minimum atomic E-state index is 0.591. The normalized spacial score (nSPS) is 14.6. The van der Waals surface area contributed by atoms with E-state index in [0.717, 1.165) is 47.3 Å². The number of anilines is 1. The molecule has 1 aromatic heterocycles. The largest absolute Gasteiger partial charge is 0.376 e. The van der Waals surface area contributed by atoms with Gasteiger partial charge in [0.05, 0.1) is 30.1 Å². The number of ether oxygens (including phenoxy) is 1. The highest BCUT2D eigenvalue weighted by atomic mass is 16.5. The number of aryl methyl sites for hydroxylation is 1. The van der Waals surface area contributed by atoms with Crippen molar-refractivity contribution in [1.29, 1.82) is 0 Å². The molecule has 0 unspecified atom stereocenters. The summed E-state index contributed by atoms with van der Waals surface area (Å²) in [5.41, 5.74) is 8.29. The molecule has 1 aromatic carbocycles. The third-order valence-electron chi connectivity index (χ3n) is 3.52. The molecule has 1 aliphatic heterocycles. The van der Waals surface area contributed by atoms with E-state index >= 15 is 0 Å². The molecule has 0 atom stereocenters. The van der Waals surface area contributed by atoms with Gasteiger partial charge in [0.15, 0.2) is 0 Å². The van der Waals surface area contributed by atoms with Gasteiger partial charge in [-0.2, -0.15) is 0 Å². The van der Waals surface area contributed by atoms with Crippen molar-refractivity contribution < 1.29 is 4.74 Å². The first kappa shape index (κ1) is 11.4. The lowest BCUT2D eigenvalue weighted by molar-refractivity contribution is 0.110. The zero-order valence-electron chi connectivity index (χ0n) is 10.5. The van der Waals surface area contributed by atoms with Crippen molar-refractivity contribution in [3.63, 3.8) is 0 Å². The van der Waals surface area contributed by atoms with E-state index in [0.29, 0.717) is 6.61 Å². The van der Waals surface area contributed by atoms with Gasteiger partial charge in [-0.3, -0.25) is 10.8 Å². The number of hydrogen-bond donors (Lipinski definition) is 2. The van der Waals surface area contributed by atoms with Gasteiger partial charge >= 0.3 is 0 Å². The number of fused-ring (bicyclic) bond motifs is 2. The van der Waals surface area contributed by atoms with Crippen molar-refractivity contribution >= 4 is 16.6 Å². The van der Waals surface area contributed by atoms with Gasteiger partial charge in [0.1, 0.15) is 0 Å². The third-order valence-corrected chi connectivity index (χ3v) is 3.52. The number of hydrogen-bond acceptors (Lipinski definition) is 4. The molecule has 4 nitrogen and oxygen atoms in total. The summed E-state index contributed by atoms with van der Waals surface area (Å²) in [5.74, 6) is 5.70. The Labute approximate surface area is 106 Å². The van der Waals surface area contributed by atoms with E-state index in [1.165, 1.54) is 5.56 Å². The predicted octanol–water partition coefficient (Wildman–Crippen LogP) is 2.16. The average molecular weight is 243 g/mol. The minimum Gasteiger partial charge on any atom is -0.376 e. The lowest BCUT2D eigenvalue weighted by atomic mass is 10.0. The van der Waals surface area contributed by atoms with E-state index in [4.69, 9.17) is 15.6 Å². The van der Waals surface area contributed by atoms with Crippen molar-refractivity contribution in [2.45, 2.75) is 26.4 Å². The van der Waals surface area contributed by atoms with Crippen LogP contribution in [0, 0.1) is 0 Å². The van der Waals surface area contributed by atoms with E-state index in [1.807, 2.05) is 0 Å². The molecule has 18 heavy (non-hydrogen) atoms. The Morgan fingerprint density at radius 2 is 2.33 bits per heavy atom. The third kappa shape index (κ3) is 1.74. The number of pyridine rings is 1. The highest BCUT2D eigenvalue weighted by molar-refractivity contribution is 5.93. The first-order valence-electron chi connectivity index (χ1n) is 6.32. The molecule has 0 radical (unpaired) electrons. The summed E-state index contributed by atoms with van der Waals surface area (Å²) in [6.45, 7) is 3.47. The molecule has 1 aliphatic rings. The molecule has 2 heterocycles. The van der Waals surface area contributed by atoms with E-state index in [-0.39, 0.29) is 0 Å². The van der Waals surface area contributed by atoms with Crippen molar-refractivity contribution in [2.75, 3.05) is 12.0 Å². The van der Waals surface area contributed by atoms with Gasteiger partial charge in [-0.05, 0) is 24.1 Å². The molecule has 0 bridgehead atoms. The summed E-state index contributed by atoms with van der Waals surface area (Å²) in [5, 5.41) is 1.08. The van der Waals surface area contributed by atoms with Gasteiger partial charge in [-0.25, -0.2) is 0 Å².